The molecule has 19 heavy (non-hydrogen) atoms. The highest BCUT2D eigenvalue weighted by Crippen LogP contribution is 2.12. The van der Waals surface area contributed by atoms with E-state index in [2.05, 4.69) is 15.6 Å². The van der Waals surface area contributed by atoms with Gasteiger partial charge in [0.05, 0.1) is 6.07 Å². The van der Waals surface area contributed by atoms with Gasteiger partial charge in [-0.15, -0.1) is 0 Å². The van der Waals surface area contributed by atoms with Crippen LogP contribution in [0.5, 0.6) is 0 Å². The van der Waals surface area contributed by atoms with Gasteiger partial charge in [0.25, 0.3) is 0 Å². The normalized spacial score (nSPS) is 9.89. The molecular weight excluding hydrogens is 244 g/mol. The Kier molecular flexibility index (Phi) is 3.48. The smallest absolute Gasteiger partial charge is 0.320 e. The molecule has 0 saturated carbocycles. The van der Waals surface area contributed by atoms with Crippen molar-refractivity contribution in [2.24, 2.45) is 0 Å². The average Bonchev–Trinajstić information content (AvgIpc) is 2.40. The molecule has 2 rings (SSSR count). The van der Waals surface area contributed by atoms with Gasteiger partial charge in [-0.3, -0.25) is 4.79 Å². The van der Waals surface area contributed by atoms with Gasteiger partial charge in [0, 0.05) is 17.1 Å². The molecule has 0 spiro atoms. The van der Waals surface area contributed by atoms with E-state index in [-0.39, 0.29) is 17.7 Å². The molecule has 0 saturated heterocycles. The van der Waals surface area contributed by atoms with E-state index in [1.807, 2.05) is 19.1 Å². The van der Waals surface area contributed by atoms with Crippen molar-refractivity contribution in [3.63, 3.8) is 0 Å². The van der Waals surface area contributed by atoms with Gasteiger partial charge in [0.1, 0.15) is 12.2 Å². The van der Waals surface area contributed by atoms with Gasteiger partial charge in [-0.1, -0.05) is 11.6 Å². The minimum atomic E-state index is -0.584. The van der Waals surface area contributed by atoms with Crippen molar-refractivity contribution >= 4 is 22.6 Å². The number of carbonyl (C=O) groups is 1. The van der Waals surface area contributed by atoms with E-state index in [9.17, 15) is 9.59 Å². The zero-order chi connectivity index (χ0) is 13.8. The van der Waals surface area contributed by atoms with E-state index in [1.54, 1.807) is 12.1 Å². The predicted molar refractivity (Wildman–Crippen MR) is 71.9 cm³/mol. The summed E-state index contributed by atoms with van der Waals surface area (Å²) >= 11 is 0. The van der Waals surface area contributed by atoms with Crippen LogP contribution in [0.25, 0.3) is 10.9 Å². The molecule has 0 unspecified atom stereocenters. The molecule has 6 nitrogen and oxygen atoms in total. The zero-order valence-corrected chi connectivity index (χ0v) is 10.3. The molecule has 0 fully saturated rings. The van der Waals surface area contributed by atoms with Crippen molar-refractivity contribution in [2.75, 3.05) is 11.9 Å². The van der Waals surface area contributed by atoms with Gasteiger partial charge in [-0.05, 0) is 19.1 Å². The molecule has 6 heteroatoms. The Labute approximate surface area is 109 Å². The second kappa shape index (κ2) is 5.23. The molecule has 1 aromatic heterocycles. The first-order valence-corrected chi connectivity index (χ1v) is 5.65. The number of aryl methyl sites for hydroxylation is 1. The van der Waals surface area contributed by atoms with Crippen LogP contribution in [-0.2, 0) is 0 Å². The second-order valence-electron chi connectivity index (χ2n) is 4.05. The number of nitriles is 1. The Hall–Kier alpha value is -2.81. The molecule has 2 aromatic rings. The molecule has 0 atom stereocenters. The average molecular weight is 256 g/mol. The summed E-state index contributed by atoms with van der Waals surface area (Å²) < 4.78 is 0. The van der Waals surface area contributed by atoms with Crippen LogP contribution in [0.1, 0.15) is 5.56 Å². The number of hydrogen-bond acceptors (Lipinski definition) is 3. The van der Waals surface area contributed by atoms with Crippen molar-refractivity contribution in [3.05, 3.63) is 40.2 Å². The fraction of sp³-hybridized carbons (Fsp3) is 0.154. The molecule has 3 N–H and O–H groups in total. The van der Waals surface area contributed by atoms with Crippen LogP contribution in [0.3, 0.4) is 0 Å². The van der Waals surface area contributed by atoms with Crippen molar-refractivity contribution in [2.45, 2.75) is 6.92 Å². The van der Waals surface area contributed by atoms with Crippen molar-refractivity contribution in [3.8, 4) is 6.07 Å². The Morgan fingerprint density at radius 2 is 2.26 bits per heavy atom. The minimum absolute atomic E-state index is 0.115. The van der Waals surface area contributed by atoms with Crippen molar-refractivity contribution in [1.29, 1.82) is 5.26 Å². The van der Waals surface area contributed by atoms with Crippen LogP contribution in [0, 0.1) is 18.3 Å². The van der Waals surface area contributed by atoms with Gasteiger partial charge in [-0.2, -0.15) is 5.26 Å². The fourth-order valence-corrected chi connectivity index (χ4v) is 1.71. The number of nitrogens with zero attached hydrogens (tertiary/aromatic N) is 1. The van der Waals surface area contributed by atoms with Crippen LogP contribution in [0.15, 0.2) is 29.2 Å². The quantitative estimate of drug-likeness (QED) is 0.710. The summed E-state index contributed by atoms with van der Waals surface area (Å²) in [4.78, 5) is 26.5. The molecule has 0 aliphatic rings. The number of aromatic nitrogens is 1. The van der Waals surface area contributed by atoms with Crippen molar-refractivity contribution in [1.82, 2.24) is 10.3 Å². The number of benzene rings is 1. The summed E-state index contributed by atoms with van der Waals surface area (Å²) in [6, 6.07) is 6.66. The molecule has 0 aliphatic carbocycles. The molecule has 1 heterocycles. The van der Waals surface area contributed by atoms with E-state index in [0.717, 1.165) is 5.56 Å². The Balaban J connectivity index is 2.35. The number of H-pyrrole nitrogens is 1. The van der Waals surface area contributed by atoms with E-state index >= 15 is 0 Å². The van der Waals surface area contributed by atoms with E-state index in [1.165, 1.54) is 6.20 Å². The summed E-state index contributed by atoms with van der Waals surface area (Å²) in [5.41, 5.74) is 1.56. The number of anilines is 1. The summed E-state index contributed by atoms with van der Waals surface area (Å²) in [7, 11) is 0. The third kappa shape index (κ3) is 2.72. The number of urea groups is 1. The summed E-state index contributed by atoms with van der Waals surface area (Å²) in [6.07, 6.45) is 1.44. The molecule has 0 aliphatic heterocycles. The number of carbonyl (C=O) groups excluding carboxylic acids is 1. The number of fused-ring (bicyclic) bond motifs is 1. The highest BCUT2D eigenvalue weighted by molar-refractivity contribution is 5.92. The molecule has 1 aromatic carbocycles. The highest BCUT2D eigenvalue weighted by atomic mass is 16.2. The number of hydrogen-bond donors (Lipinski definition) is 3. The van der Waals surface area contributed by atoms with Gasteiger partial charge in [-0.25, -0.2) is 4.79 Å². The Bertz CT molecular complexity index is 727. The summed E-state index contributed by atoms with van der Waals surface area (Å²) in [5.74, 6) is 0. The largest absolute Gasteiger partial charge is 0.359 e. The Morgan fingerprint density at radius 1 is 1.47 bits per heavy atom. The van der Waals surface area contributed by atoms with Gasteiger partial charge in [0.15, 0.2) is 0 Å². The maximum atomic E-state index is 12.2. The lowest BCUT2D eigenvalue weighted by molar-refractivity contribution is 0.253. The maximum absolute atomic E-state index is 12.2. The third-order valence-corrected chi connectivity index (χ3v) is 2.61. The number of nitrogens with one attached hydrogen (secondary N) is 3. The molecule has 0 radical (unpaired) electrons. The van der Waals surface area contributed by atoms with Crippen LogP contribution < -0.4 is 16.1 Å². The molecule has 2 amide bonds. The SMILES string of the molecule is Cc1ccc2[nH]cc(NC(=O)NCC#N)c(=O)c2c1. The van der Waals surface area contributed by atoms with Gasteiger partial charge >= 0.3 is 6.03 Å². The van der Waals surface area contributed by atoms with Crippen LogP contribution >= 0.6 is 0 Å². The molecular formula is C13H12N4O2. The minimum Gasteiger partial charge on any atom is -0.359 e. The lowest BCUT2D eigenvalue weighted by atomic mass is 10.1. The Morgan fingerprint density at radius 3 is 3.00 bits per heavy atom. The molecule has 96 valence electrons. The van der Waals surface area contributed by atoms with Crippen LogP contribution in [-0.4, -0.2) is 17.6 Å². The monoisotopic (exact) mass is 256 g/mol. The lowest BCUT2D eigenvalue weighted by Crippen LogP contribution is -2.31. The summed E-state index contributed by atoms with van der Waals surface area (Å²) in [5, 5.41) is 13.6. The highest BCUT2D eigenvalue weighted by Gasteiger charge is 2.08. The van der Waals surface area contributed by atoms with E-state index in [4.69, 9.17) is 5.26 Å². The maximum Gasteiger partial charge on any atom is 0.320 e. The molecule has 0 bridgehead atoms. The fourth-order valence-electron chi connectivity index (χ4n) is 1.71. The van der Waals surface area contributed by atoms with Gasteiger partial charge < -0.3 is 15.6 Å². The predicted octanol–water partition coefficient (Wildman–Crippen LogP) is 1.48. The summed E-state index contributed by atoms with van der Waals surface area (Å²) in [6.45, 7) is 1.77. The zero-order valence-electron chi connectivity index (χ0n) is 10.3. The van der Waals surface area contributed by atoms with Crippen LogP contribution in [0.4, 0.5) is 10.5 Å². The number of pyridine rings is 1. The first-order valence-electron chi connectivity index (χ1n) is 5.65. The van der Waals surface area contributed by atoms with E-state index in [0.29, 0.717) is 10.9 Å². The van der Waals surface area contributed by atoms with Gasteiger partial charge in [0.2, 0.25) is 5.43 Å². The number of rotatable bonds is 2. The van der Waals surface area contributed by atoms with Crippen LogP contribution in [0.2, 0.25) is 0 Å². The second-order valence-corrected chi connectivity index (χ2v) is 4.05. The number of aromatic amines is 1. The first kappa shape index (κ1) is 12.6. The first-order chi connectivity index (χ1) is 9.11. The number of amides is 2. The topological polar surface area (TPSA) is 97.8 Å². The van der Waals surface area contributed by atoms with E-state index < -0.39 is 6.03 Å². The van der Waals surface area contributed by atoms with Crippen molar-refractivity contribution < 1.29 is 4.79 Å². The standard InChI is InChI=1S/C13H12N4O2/c1-8-2-3-10-9(6-8)12(18)11(7-16-10)17-13(19)15-5-4-14/h2-3,6-7H,5H2,1H3,(H,16,18)(H2,15,17,19). The third-order valence-electron chi connectivity index (χ3n) is 2.61. The lowest BCUT2D eigenvalue weighted by Gasteiger charge is -2.06.